The lowest BCUT2D eigenvalue weighted by Crippen LogP contribution is -2.68. The number of amides is 2. The largest absolute Gasteiger partial charge is 0.444 e. The second kappa shape index (κ2) is 3.96. The minimum Gasteiger partial charge on any atom is -0.444 e. The van der Waals surface area contributed by atoms with E-state index in [1.54, 1.807) is 20.8 Å². The van der Waals surface area contributed by atoms with Crippen molar-refractivity contribution in [3.05, 3.63) is 0 Å². The van der Waals surface area contributed by atoms with Gasteiger partial charge in [-0.2, -0.15) is 0 Å². The molecule has 16 heavy (non-hydrogen) atoms. The topological polar surface area (TPSA) is 67.4 Å². The summed E-state index contributed by atoms with van der Waals surface area (Å²) in [5, 5.41) is 5.38. The van der Waals surface area contributed by atoms with E-state index < -0.39 is 11.7 Å². The smallest absolute Gasteiger partial charge is 0.407 e. The Labute approximate surface area is 95.9 Å². The van der Waals surface area contributed by atoms with Crippen molar-refractivity contribution in [3.8, 4) is 0 Å². The predicted octanol–water partition coefficient (Wildman–Crippen LogP) is 1.04. The highest BCUT2D eigenvalue weighted by Gasteiger charge is 2.46. The Kier molecular flexibility index (Phi) is 3.17. The van der Waals surface area contributed by atoms with E-state index in [1.165, 1.54) is 0 Å². The van der Waals surface area contributed by atoms with Gasteiger partial charge in [0, 0.05) is 12.1 Å². The Morgan fingerprint density at radius 3 is 2.44 bits per heavy atom. The third-order valence-corrected chi connectivity index (χ3v) is 2.48. The molecule has 1 saturated heterocycles. The molecule has 0 saturated carbocycles. The molecule has 0 aromatic rings. The summed E-state index contributed by atoms with van der Waals surface area (Å²) >= 11 is 0. The van der Waals surface area contributed by atoms with E-state index in [4.69, 9.17) is 4.74 Å². The number of rotatable bonds is 2. The van der Waals surface area contributed by atoms with Crippen LogP contribution in [0.2, 0.25) is 0 Å². The molecule has 0 bridgehead atoms. The molecule has 2 N–H and O–H groups in total. The van der Waals surface area contributed by atoms with Crippen molar-refractivity contribution in [1.29, 1.82) is 0 Å². The highest BCUT2D eigenvalue weighted by Crippen LogP contribution is 2.25. The summed E-state index contributed by atoms with van der Waals surface area (Å²) in [7, 11) is 0. The standard InChI is InChI=1S/C11H20N2O3/c1-10(2,3)16-9(15)12-6-7-8(14)13-11(7,4)5/h7H,6H2,1-5H3,(H,12,15)(H,13,14). The quantitative estimate of drug-likeness (QED) is 0.694. The maximum atomic E-state index is 11.4. The number of ether oxygens (including phenoxy) is 1. The van der Waals surface area contributed by atoms with Gasteiger partial charge in [0.1, 0.15) is 5.60 Å². The fraction of sp³-hybridized carbons (Fsp3) is 0.818. The molecular weight excluding hydrogens is 208 g/mol. The number of hydrogen-bond acceptors (Lipinski definition) is 3. The maximum absolute atomic E-state index is 11.4. The fourth-order valence-electron chi connectivity index (χ4n) is 1.59. The van der Waals surface area contributed by atoms with Crippen LogP contribution >= 0.6 is 0 Å². The third kappa shape index (κ3) is 3.12. The van der Waals surface area contributed by atoms with Gasteiger partial charge in [-0.25, -0.2) is 4.79 Å². The summed E-state index contributed by atoms with van der Waals surface area (Å²) in [6.07, 6.45) is -0.483. The monoisotopic (exact) mass is 228 g/mol. The molecule has 0 aliphatic carbocycles. The van der Waals surface area contributed by atoms with Crippen molar-refractivity contribution in [2.75, 3.05) is 6.54 Å². The Morgan fingerprint density at radius 1 is 1.50 bits per heavy atom. The number of hydrogen-bond donors (Lipinski definition) is 2. The molecule has 1 atom stereocenters. The molecule has 1 heterocycles. The SMILES string of the molecule is CC(C)(C)OC(=O)NCC1C(=O)NC1(C)C. The molecule has 0 spiro atoms. The highest BCUT2D eigenvalue weighted by atomic mass is 16.6. The second-order valence-electron chi connectivity index (χ2n) is 5.65. The number of carbonyl (C=O) groups is 2. The molecule has 5 heteroatoms. The first-order valence-corrected chi connectivity index (χ1v) is 5.41. The number of nitrogens with one attached hydrogen (secondary N) is 2. The van der Waals surface area contributed by atoms with Crippen LogP contribution in [0.15, 0.2) is 0 Å². The van der Waals surface area contributed by atoms with Crippen molar-refractivity contribution >= 4 is 12.0 Å². The molecule has 0 aromatic carbocycles. The molecule has 1 aliphatic rings. The summed E-state index contributed by atoms with van der Waals surface area (Å²) < 4.78 is 5.08. The average Bonchev–Trinajstić information content (AvgIpc) is 1.98. The van der Waals surface area contributed by atoms with Crippen LogP contribution in [0.3, 0.4) is 0 Å². The number of β-lactam (4-membered cyclic amide) rings is 1. The average molecular weight is 228 g/mol. The van der Waals surface area contributed by atoms with Crippen LogP contribution in [0.4, 0.5) is 4.79 Å². The van der Waals surface area contributed by atoms with Gasteiger partial charge in [-0.15, -0.1) is 0 Å². The highest BCUT2D eigenvalue weighted by molar-refractivity contribution is 5.88. The van der Waals surface area contributed by atoms with Gasteiger partial charge in [-0.05, 0) is 34.6 Å². The molecule has 0 aromatic heterocycles. The van der Waals surface area contributed by atoms with Crippen LogP contribution in [0.5, 0.6) is 0 Å². The molecule has 1 aliphatic heterocycles. The van der Waals surface area contributed by atoms with E-state index in [9.17, 15) is 9.59 Å². The Morgan fingerprint density at radius 2 is 2.06 bits per heavy atom. The molecule has 1 rings (SSSR count). The molecule has 1 fully saturated rings. The van der Waals surface area contributed by atoms with Gasteiger partial charge < -0.3 is 15.4 Å². The first kappa shape index (κ1) is 12.8. The molecule has 0 radical (unpaired) electrons. The van der Waals surface area contributed by atoms with Gasteiger partial charge in [0.25, 0.3) is 0 Å². The van der Waals surface area contributed by atoms with E-state index in [0.717, 1.165) is 0 Å². The maximum Gasteiger partial charge on any atom is 0.407 e. The normalized spacial score (nSPS) is 23.1. The van der Waals surface area contributed by atoms with Crippen LogP contribution in [-0.4, -0.2) is 29.7 Å². The summed E-state index contributed by atoms with van der Waals surface area (Å²) in [6, 6.07) is 0. The third-order valence-electron chi connectivity index (χ3n) is 2.48. The van der Waals surface area contributed by atoms with Crippen molar-refractivity contribution < 1.29 is 14.3 Å². The van der Waals surface area contributed by atoms with E-state index >= 15 is 0 Å². The molecule has 5 nitrogen and oxygen atoms in total. The zero-order chi connectivity index (χ0) is 12.6. The first-order valence-electron chi connectivity index (χ1n) is 5.41. The Hall–Kier alpha value is -1.26. The van der Waals surface area contributed by atoms with Crippen LogP contribution in [-0.2, 0) is 9.53 Å². The van der Waals surface area contributed by atoms with Crippen LogP contribution < -0.4 is 10.6 Å². The van der Waals surface area contributed by atoms with Gasteiger partial charge in [0.15, 0.2) is 0 Å². The van der Waals surface area contributed by atoms with E-state index in [0.29, 0.717) is 6.54 Å². The van der Waals surface area contributed by atoms with Gasteiger partial charge >= 0.3 is 6.09 Å². The summed E-state index contributed by atoms with van der Waals surface area (Å²) in [6.45, 7) is 9.56. The van der Waals surface area contributed by atoms with Gasteiger partial charge in [0.2, 0.25) is 5.91 Å². The molecular formula is C11H20N2O3. The van der Waals surface area contributed by atoms with Crippen molar-refractivity contribution in [2.24, 2.45) is 5.92 Å². The lowest BCUT2D eigenvalue weighted by Gasteiger charge is -2.44. The van der Waals surface area contributed by atoms with Gasteiger partial charge in [-0.1, -0.05) is 0 Å². The summed E-state index contributed by atoms with van der Waals surface area (Å²) in [4.78, 5) is 22.6. The predicted molar refractivity (Wildman–Crippen MR) is 59.9 cm³/mol. The van der Waals surface area contributed by atoms with Crippen LogP contribution in [0.25, 0.3) is 0 Å². The first-order chi connectivity index (χ1) is 7.12. The van der Waals surface area contributed by atoms with Crippen LogP contribution in [0, 0.1) is 5.92 Å². The zero-order valence-corrected chi connectivity index (χ0v) is 10.5. The minimum atomic E-state index is -0.512. The zero-order valence-electron chi connectivity index (χ0n) is 10.5. The van der Waals surface area contributed by atoms with Crippen LogP contribution in [0.1, 0.15) is 34.6 Å². The van der Waals surface area contributed by atoms with Crippen molar-refractivity contribution in [3.63, 3.8) is 0 Å². The van der Waals surface area contributed by atoms with E-state index in [-0.39, 0.29) is 17.4 Å². The molecule has 92 valence electrons. The lowest BCUT2D eigenvalue weighted by atomic mass is 9.79. The molecule has 2 amide bonds. The number of carbonyl (C=O) groups excluding carboxylic acids is 2. The second-order valence-corrected chi connectivity index (χ2v) is 5.65. The lowest BCUT2D eigenvalue weighted by molar-refractivity contribution is -0.139. The van der Waals surface area contributed by atoms with Crippen molar-refractivity contribution in [1.82, 2.24) is 10.6 Å². The number of alkyl carbamates (subject to hydrolysis) is 1. The Balaban J connectivity index is 2.35. The van der Waals surface area contributed by atoms with Gasteiger partial charge in [0.05, 0.1) is 5.92 Å². The summed E-state index contributed by atoms with van der Waals surface area (Å²) in [5.74, 6) is -0.207. The van der Waals surface area contributed by atoms with Crippen molar-refractivity contribution in [2.45, 2.75) is 45.8 Å². The summed E-state index contributed by atoms with van der Waals surface area (Å²) in [5.41, 5.74) is -0.756. The fourth-order valence-corrected chi connectivity index (χ4v) is 1.59. The molecule has 1 unspecified atom stereocenters. The van der Waals surface area contributed by atoms with E-state index in [2.05, 4.69) is 10.6 Å². The Bertz CT molecular complexity index is 305. The van der Waals surface area contributed by atoms with Gasteiger partial charge in [-0.3, -0.25) is 4.79 Å². The van der Waals surface area contributed by atoms with E-state index in [1.807, 2.05) is 13.8 Å². The minimum absolute atomic E-state index is 0.0268.